The van der Waals surface area contributed by atoms with Crippen LogP contribution in [0.1, 0.15) is 58.4 Å². The fourth-order valence-corrected chi connectivity index (χ4v) is 3.31. The van der Waals surface area contributed by atoms with E-state index in [9.17, 15) is 9.59 Å². The van der Waals surface area contributed by atoms with Gasteiger partial charge in [0.1, 0.15) is 0 Å². The average Bonchev–Trinajstić information content (AvgIpc) is 3.09. The Labute approximate surface area is 137 Å². The standard InChI is InChI=1S/C15H18N4O3S/c1-2-22-14(21)11-8-23-15(16-11)17-13(20)12-9-6-4-3-5-7-10(9)18-19-12/h8H,2-7H2,1H3,(H,18,19)(H,16,17,20). The molecule has 7 nitrogen and oxygen atoms in total. The van der Waals surface area contributed by atoms with E-state index in [-0.39, 0.29) is 18.2 Å². The largest absolute Gasteiger partial charge is 0.461 e. The van der Waals surface area contributed by atoms with Crippen molar-refractivity contribution < 1.29 is 14.3 Å². The van der Waals surface area contributed by atoms with Crippen molar-refractivity contribution in [2.75, 3.05) is 11.9 Å². The lowest BCUT2D eigenvalue weighted by Gasteiger charge is -2.02. The van der Waals surface area contributed by atoms with Gasteiger partial charge in [0.05, 0.1) is 6.61 Å². The minimum absolute atomic E-state index is 0.202. The van der Waals surface area contributed by atoms with Gasteiger partial charge in [-0.1, -0.05) is 6.42 Å². The quantitative estimate of drug-likeness (QED) is 0.661. The van der Waals surface area contributed by atoms with Crippen LogP contribution in [0, 0.1) is 0 Å². The second kappa shape index (κ2) is 6.91. The first-order valence-electron chi connectivity index (χ1n) is 7.69. The number of ether oxygens (including phenoxy) is 1. The van der Waals surface area contributed by atoms with Crippen LogP contribution in [0.2, 0.25) is 0 Å². The van der Waals surface area contributed by atoms with E-state index >= 15 is 0 Å². The second-order valence-electron chi connectivity index (χ2n) is 5.30. The van der Waals surface area contributed by atoms with Crippen LogP contribution in [-0.2, 0) is 17.6 Å². The highest BCUT2D eigenvalue weighted by atomic mass is 32.1. The zero-order valence-corrected chi connectivity index (χ0v) is 13.7. The van der Waals surface area contributed by atoms with Gasteiger partial charge in [0, 0.05) is 16.6 Å². The molecule has 0 atom stereocenters. The van der Waals surface area contributed by atoms with Gasteiger partial charge in [-0.25, -0.2) is 9.78 Å². The molecule has 3 rings (SSSR count). The smallest absolute Gasteiger partial charge is 0.357 e. The minimum Gasteiger partial charge on any atom is -0.461 e. The topological polar surface area (TPSA) is 97.0 Å². The molecule has 2 heterocycles. The Morgan fingerprint density at radius 1 is 1.35 bits per heavy atom. The van der Waals surface area contributed by atoms with Crippen molar-refractivity contribution in [3.63, 3.8) is 0 Å². The van der Waals surface area contributed by atoms with E-state index in [1.54, 1.807) is 12.3 Å². The Morgan fingerprint density at radius 2 is 2.17 bits per heavy atom. The molecule has 8 heteroatoms. The molecule has 0 unspecified atom stereocenters. The summed E-state index contributed by atoms with van der Waals surface area (Å²) in [5.74, 6) is -0.785. The molecule has 2 aromatic heterocycles. The van der Waals surface area contributed by atoms with Gasteiger partial charge in [0.25, 0.3) is 5.91 Å². The normalized spacial score (nSPS) is 14.0. The molecule has 0 radical (unpaired) electrons. The van der Waals surface area contributed by atoms with Gasteiger partial charge in [-0.2, -0.15) is 5.10 Å². The molecule has 0 aromatic carbocycles. The number of hydrogen-bond donors (Lipinski definition) is 2. The summed E-state index contributed by atoms with van der Waals surface area (Å²) in [6.45, 7) is 2.02. The van der Waals surface area contributed by atoms with Gasteiger partial charge in [-0.15, -0.1) is 11.3 Å². The summed E-state index contributed by atoms with van der Waals surface area (Å²) < 4.78 is 4.88. The number of fused-ring (bicyclic) bond motifs is 1. The lowest BCUT2D eigenvalue weighted by molar-refractivity contribution is 0.0520. The van der Waals surface area contributed by atoms with Crippen LogP contribution >= 0.6 is 11.3 Å². The van der Waals surface area contributed by atoms with Gasteiger partial charge in [0.15, 0.2) is 16.5 Å². The molecule has 0 aliphatic heterocycles. The highest BCUT2D eigenvalue weighted by Crippen LogP contribution is 2.23. The van der Waals surface area contributed by atoms with Gasteiger partial charge >= 0.3 is 5.97 Å². The van der Waals surface area contributed by atoms with Crippen LogP contribution in [0.4, 0.5) is 5.13 Å². The van der Waals surface area contributed by atoms with Crippen LogP contribution < -0.4 is 5.32 Å². The second-order valence-corrected chi connectivity index (χ2v) is 6.16. The van der Waals surface area contributed by atoms with Crippen LogP contribution in [0.5, 0.6) is 0 Å². The van der Waals surface area contributed by atoms with Crippen molar-refractivity contribution in [3.8, 4) is 0 Å². The molecule has 122 valence electrons. The Kier molecular flexibility index (Phi) is 4.71. The predicted molar refractivity (Wildman–Crippen MR) is 85.9 cm³/mol. The first kappa shape index (κ1) is 15.7. The number of amides is 1. The molecular weight excluding hydrogens is 316 g/mol. The van der Waals surface area contributed by atoms with E-state index in [1.807, 2.05) is 0 Å². The number of H-pyrrole nitrogens is 1. The zero-order valence-electron chi connectivity index (χ0n) is 12.8. The maximum absolute atomic E-state index is 12.4. The average molecular weight is 334 g/mol. The van der Waals surface area contributed by atoms with Crippen LogP contribution in [-0.4, -0.2) is 33.7 Å². The maximum atomic E-state index is 12.4. The van der Waals surface area contributed by atoms with E-state index in [1.165, 1.54) is 17.8 Å². The molecule has 2 N–H and O–H groups in total. The van der Waals surface area contributed by atoms with Crippen molar-refractivity contribution in [1.82, 2.24) is 15.2 Å². The third kappa shape index (κ3) is 3.42. The van der Waals surface area contributed by atoms with Crippen LogP contribution in [0.3, 0.4) is 0 Å². The summed E-state index contributed by atoms with van der Waals surface area (Å²) in [6.07, 6.45) is 5.14. The predicted octanol–water partition coefficient (Wildman–Crippen LogP) is 2.56. The molecule has 0 bridgehead atoms. The monoisotopic (exact) mass is 334 g/mol. The molecule has 0 fully saturated rings. The van der Waals surface area contributed by atoms with Crippen molar-refractivity contribution in [2.24, 2.45) is 0 Å². The summed E-state index contributed by atoms with van der Waals surface area (Å²) in [4.78, 5) is 28.1. The molecule has 0 saturated heterocycles. The van der Waals surface area contributed by atoms with Gasteiger partial charge in [0.2, 0.25) is 0 Å². The third-order valence-electron chi connectivity index (χ3n) is 3.73. The number of hydrogen-bond acceptors (Lipinski definition) is 6. The molecule has 1 aliphatic carbocycles. The number of anilines is 1. The highest BCUT2D eigenvalue weighted by molar-refractivity contribution is 7.14. The number of aromatic nitrogens is 3. The van der Waals surface area contributed by atoms with Crippen LogP contribution in [0.15, 0.2) is 5.38 Å². The lowest BCUT2D eigenvalue weighted by Crippen LogP contribution is -2.15. The summed E-state index contributed by atoms with van der Waals surface area (Å²) in [5.41, 5.74) is 2.68. The molecule has 2 aromatic rings. The molecule has 23 heavy (non-hydrogen) atoms. The fourth-order valence-electron chi connectivity index (χ4n) is 2.63. The molecule has 1 amide bonds. The Bertz CT molecular complexity index is 722. The number of aryl methyl sites for hydroxylation is 1. The van der Waals surface area contributed by atoms with Crippen LogP contribution in [0.25, 0.3) is 0 Å². The first-order valence-corrected chi connectivity index (χ1v) is 8.57. The first-order chi connectivity index (χ1) is 11.2. The summed E-state index contributed by atoms with van der Waals surface area (Å²) in [7, 11) is 0. The van der Waals surface area contributed by atoms with E-state index in [0.717, 1.165) is 36.9 Å². The van der Waals surface area contributed by atoms with Crippen molar-refractivity contribution in [3.05, 3.63) is 28.0 Å². The summed E-state index contributed by atoms with van der Waals surface area (Å²) in [6, 6.07) is 0. The van der Waals surface area contributed by atoms with Gasteiger partial charge < -0.3 is 4.74 Å². The zero-order chi connectivity index (χ0) is 16.2. The Morgan fingerprint density at radius 3 is 3.00 bits per heavy atom. The fraction of sp³-hybridized carbons (Fsp3) is 0.467. The Balaban J connectivity index is 1.72. The number of nitrogens with one attached hydrogen (secondary N) is 2. The SMILES string of the molecule is CCOC(=O)c1csc(NC(=O)c2n[nH]c3c2CCCCC3)n1. The number of esters is 1. The highest BCUT2D eigenvalue weighted by Gasteiger charge is 2.22. The molecule has 1 aliphatic rings. The van der Waals surface area contributed by atoms with Gasteiger partial charge in [-0.3, -0.25) is 15.2 Å². The third-order valence-corrected chi connectivity index (χ3v) is 4.49. The van der Waals surface area contributed by atoms with E-state index in [2.05, 4.69) is 20.5 Å². The summed E-state index contributed by atoms with van der Waals surface area (Å²) in [5, 5.41) is 11.8. The van der Waals surface area contributed by atoms with E-state index < -0.39 is 5.97 Å². The number of carbonyl (C=O) groups is 2. The number of nitrogens with zero attached hydrogens (tertiary/aromatic N) is 2. The number of rotatable bonds is 4. The Hall–Kier alpha value is -2.22. The molecule has 0 spiro atoms. The molecular formula is C15H18N4O3S. The van der Waals surface area contributed by atoms with E-state index in [0.29, 0.717) is 10.8 Å². The number of carbonyl (C=O) groups excluding carboxylic acids is 2. The van der Waals surface area contributed by atoms with Crippen molar-refractivity contribution >= 4 is 28.3 Å². The van der Waals surface area contributed by atoms with E-state index in [4.69, 9.17) is 4.74 Å². The maximum Gasteiger partial charge on any atom is 0.357 e. The lowest BCUT2D eigenvalue weighted by atomic mass is 10.1. The minimum atomic E-state index is -0.488. The van der Waals surface area contributed by atoms with Crippen molar-refractivity contribution in [1.29, 1.82) is 0 Å². The summed E-state index contributed by atoms with van der Waals surface area (Å²) >= 11 is 1.19. The van der Waals surface area contributed by atoms with Crippen molar-refractivity contribution in [2.45, 2.75) is 39.0 Å². The van der Waals surface area contributed by atoms with Gasteiger partial charge in [-0.05, 0) is 32.6 Å². The molecule has 0 saturated carbocycles. The number of thiazole rings is 1. The number of aromatic amines is 1.